The number of hydrogen-bond donors (Lipinski definition) is 1. The molecular weight excluding hydrogens is 406 g/mol. The van der Waals surface area contributed by atoms with Crippen molar-refractivity contribution in [3.05, 3.63) is 60.7 Å². The number of nitrogens with one attached hydrogen (secondary N) is 1. The Bertz CT molecular complexity index is 871. The highest BCUT2D eigenvalue weighted by Crippen LogP contribution is 2.41. The van der Waals surface area contributed by atoms with E-state index in [9.17, 15) is 9.59 Å². The van der Waals surface area contributed by atoms with Crippen molar-refractivity contribution in [2.75, 3.05) is 6.61 Å². The van der Waals surface area contributed by atoms with E-state index in [0.717, 1.165) is 0 Å². The van der Waals surface area contributed by atoms with Crippen LogP contribution in [0.15, 0.2) is 60.7 Å². The topological polar surface area (TPSA) is 64.6 Å². The van der Waals surface area contributed by atoms with Crippen LogP contribution < -0.4 is 15.7 Å². The molecule has 0 radical (unpaired) electrons. The van der Waals surface area contributed by atoms with E-state index in [1.165, 1.54) is 24.2 Å². The maximum absolute atomic E-state index is 12.0. The summed E-state index contributed by atoms with van der Waals surface area (Å²) in [5, 5.41) is 5.24. The smallest absolute Gasteiger partial charge is 0.302 e. The summed E-state index contributed by atoms with van der Waals surface area (Å²) < 4.78 is 12.6. The second kappa shape index (κ2) is 8.97. The quantitative estimate of drug-likeness (QED) is 0.532. The molecular formula is C25H33NO4Si. The van der Waals surface area contributed by atoms with Crippen LogP contribution in [0.25, 0.3) is 0 Å². The number of benzene rings is 2. The third kappa shape index (κ3) is 4.60. The molecule has 1 fully saturated rings. The molecule has 0 spiro atoms. The Morgan fingerprint density at radius 1 is 1.00 bits per heavy atom. The van der Waals surface area contributed by atoms with Crippen LogP contribution in [0.2, 0.25) is 5.04 Å². The van der Waals surface area contributed by atoms with Gasteiger partial charge < -0.3 is 14.5 Å². The molecule has 0 bridgehead atoms. The van der Waals surface area contributed by atoms with Gasteiger partial charge in [-0.25, -0.2) is 0 Å². The highest BCUT2D eigenvalue weighted by atomic mass is 28.4. The van der Waals surface area contributed by atoms with Crippen molar-refractivity contribution in [3.8, 4) is 0 Å². The lowest BCUT2D eigenvalue weighted by Crippen LogP contribution is -2.72. The first-order valence-electron chi connectivity index (χ1n) is 10.8. The van der Waals surface area contributed by atoms with E-state index in [4.69, 9.17) is 9.16 Å². The normalized spacial score (nSPS) is 21.1. The lowest BCUT2D eigenvalue weighted by Gasteiger charge is -2.51. The first-order valence-corrected chi connectivity index (χ1v) is 12.7. The summed E-state index contributed by atoms with van der Waals surface area (Å²) in [5.74, 6) is -0.493. The SMILES string of the molecule is CC(=O)NC1(CO[Si](c2ccccc2)(c2ccccc2)C(C)(C)C)CCC1OC(C)=O. The van der Waals surface area contributed by atoms with Crippen molar-refractivity contribution in [3.63, 3.8) is 0 Å². The Morgan fingerprint density at radius 3 is 1.87 bits per heavy atom. The highest BCUT2D eigenvalue weighted by Gasteiger charge is 2.55. The Balaban J connectivity index is 2.06. The number of esters is 1. The molecule has 2 aromatic carbocycles. The molecule has 1 N–H and O–H groups in total. The number of carbonyl (C=O) groups excluding carboxylic acids is 2. The Kier molecular flexibility index (Phi) is 6.72. The van der Waals surface area contributed by atoms with Gasteiger partial charge in [0.1, 0.15) is 6.10 Å². The minimum absolute atomic E-state index is 0.150. The molecule has 0 heterocycles. The predicted octanol–water partition coefficient (Wildman–Crippen LogP) is 3.16. The number of amides is 1. The molecule has 6 heteroatoms. The van der Waals surface area contributed by atoms with Gasteiger partial charge in [0.2, 0.25) is 5.91 Å². The van der Waals surface area contributed by atoms with Crippen LogP contribution in [0, 0.1) is 0 Å². The van der Waals surface area contributed by atoms with E-state index >= 15 is 0 Å². The zero-order valence-corrected chi connectivity index (χ0v) is 20.1. The maximum atomic E-state index is 12.0. The maximum Gasteiger partial charge on any atom is 0.302 e. The standard InChI is InChI=1S/C25H33NO4Si/c1-19(27)26-25(17-16-23(25)30-20(2)28)18-29-31(24(3,4)5,21-12-8-6-9-13-21)22-14-10-7-11-15-22/h6-15,23H,16-18H2,1-5H3,(H,26,27). The summed E-state index contributed by atoms with van der Waals surface area (Å²) in [5.41, 5.74) is -0.704. The third-order valence-corrected chi connectivity index (χ3v) is 11.1. The average molecular weight is 440 g/mol. The predicted molar refractivity (Wildman–Crippen MR) is 125 cm³/mol. The van der Waals surface area contributed by atoms with Crippen molar-refractivity contribution in [2.45, 2.75) is 64.1 Å². The van der Waals surface area contributed by atoms with Crippen molar-refractivity contribution >= 4 is 30.6 Å². The first-order chi connectivity index (χ1) is 14.6. The minimum atomic E-state index is -2.75. The van der Waals surface area contributed by atoms with Crippen LogP contribution >= 0.6 is 0 Å². The second-order valence-electron chi connectivity index (χ2n) is 9.43. The van der Waals surface area contributed by atoms with Crippen molar-refractivity contribution < 1.29 is 18.8 Å². The average Bonchev–Trinajstić information content (AvgIpc) is 2.71. The fourth-order valence-corrected chi connectivity index (χ4v) is 9.31. The van der Waals surface area contributed by atoms with E-state index in [-0.39, 0.29) is 29.6 Å². The lowest BCUT2D eigenvalue weighted by atomic mass is 9.74. The van der Waals surface area contributed by atoms with Gasteiger partial charge in [0.15, 0.2) is 0 Å². The molecule has 1 aliphatic rings. The van der Waals surface area contributed by atoms with Crippen LogP contribution in [0.1, 0.15) is 47.5 Å². The zero-order valence-electron chi connectivity index (χ0n) is 19.1. The highest BCUT2D eigenvalue weighted by molar-refractivity contribution is 6.99. The van der Waals surface area contributed by atoms with Gasteiger partial charge in [0.05, 0.1) is 12.1 Å². The molecule has 5 nitrogen and oxygen atoms in total. The van der Waals surface area contributed by atoms with Crippen LogP contribution in [-0.2, 0) is 18.8 Å². The van der Waals surface area contributed by atoms with E-state index < -0.39 is 13.9 Å². The molecule has 2 unspecified atom stereocenters. The first kappa shape index (κ1) is 23.2. The lowest BCUT2D eigenvalue weighted by molar-refractivity contribution is -0.164. The van der Waals surface area contributed by atoms with Crippen molar-refractivity contribution in [1.82, 2.24) is 5.32 Å². The molecule has 31 heavy (non-hydrogen) atoms. The van der Waals surface area contributed by atoms with Crippen molar-refractivity contribution in [2.24, 2.45) is 0 Å². The van der Waals surface area contributed by atoms with Gasteiger partial charge in [0.25, 0.3) is 8.32 Å². The molecule has 0 aliphatic heterocycles. The van der Waals surface area contributed by atoms with Crippen LogP contribution in [0.5, 0.6) is 0 Å². The van der Waals surface area contributed by atoms with Gasteiger partial charge in [-0.05, 0) is 28.3 Å². The molecule has 0 aromatic heterocycles. The fraction of sp³-hybridized carbons (Fsp3) is 0.440. The Hall–Kier alpha value is -2.44. The zero-order chi connectivity index (χ0) is 22.7. The number of hydrogen-bond acceptors (Lipinski definition) is 4. The van der Waals surface area contributed by atoms with Crippen LogP contribution in [0.3, 0.4) is 0 Å². The molecule has 1 aliphatic carbocycles. The summed E-state index contributed by atoms with van der Waals surface area (Å²) in [6.07, 6.45) is 1.04. The van der Waals surface area contributed by atoms with E-state index in [2.05, 4.69) is 50.4 Å². The van der Waals surface area contributed by atoms with Gasteiger partial charge >= 0.3 is 5.97 Å². The van der Waals surface area contributed by atoms with Gasteiger partial charge in [-0.3, -0.25) is 9.59 Å². The third-order valence-electron chi connectivity index (χ3n) is 6.17. The summed E-state index contributed by atoms with van der Waals surface area (Å²) in [6, 6.07) is 20.8. The van der Waals surface area contributed by atoms with Crippen molar-refractivity contribution in [1.29, 1.82) is 0 Å². The number of rotatable bonds is 7. The summed E-state index contributed by atoms with van der Waals surface area (Å²) in [6.45, 7) is 9.84. The van der Waals surface area contributed by atoms with Gasteiger partial charge in [-0.2, -0.15) is 0 Å². The van der Waals surface area contributed by atoms with Gasteiger partial charge in [-0.15, -0.1) is 0 Å². The van der Waals surface area contributed by atoms with Crippen LogP contribution in [-0.4, -0.2) is 38.4 Å². The molecule has 166 valence electrons. The van der Waals surface area contributed by atoms with Gasteiger partial charge in [-0.1, -0.05) is 81.4 Å². The van der Waals surface area contributed by atoms with Crippen LogP contribution in [0.4, 0.5) is 0 Å². The Morgan fingerprint density at radius 2 is 1.52 bits per heavy atom. The summed E-state index contributed by atoms with van der Waals surface area (Å²) in [7, 11) is -2.75. The summed E-state index contributed by atoms with van der Waals surface area (Å²) >= 11 is 0. The molecule has 1 saturated carbocycles. The molecule has 0 saturated heterocycles. The molecule has 1 amide bonds. The largest absolute Gasteiger partial charge is 0.460 e. The van der Waals surface area contributed by atoms with E-state index in [0.29, 0.717) is 12.8 Å². The molecule has 3 rings (SSSR count). The number of carbonyl (C=O) groups is 2. The fourth-order valence-electron chi connectivity index (χ4n) is 4.68. The molecule has 2 atom stereocenters. The summed E-state index contributed by atoms with van der Waals surface area (Å²) in [4.78, 5) is 23.7. The monoisotopic (exact) mass is 439 g/mol. The minimum Gasteiger partial charge on any atom is -0.460 e. The van der Waals surface area contributed by atoms with Gasteiger partial charge in [0, 0.05) is 13.8 Å². The molecule has 2 aromatic rings. The second-order valence-corrected chi connectivity index (χ2v) is 13.7. The number of ether oxygens (including phenoxy) is 1. The van der Waals surface area contributed by atoms with E-state index in [1.54, 1.807) is 0 Å². The Labute approximate surface area is 186 Å². The van der Waals surface area contributed by atoms with E-state index in [1.807, 2.05) is 36.4 Å².